The first-order valence-corrected chi connectivity index (χ1v) is 8.46. The van der Waals surface area contributed by atoms with Crippen LogP contribution in [0, 0.1) is 5.92 Å². The van der Waals surface area contributed by atoms with Crippen LogP contribution in [0.25, 0.3) is 0 Å². The normalized spacial score (nSPS) is 19.8. The highest BCUT2D eigenvalue weighted by atomic mass is 16.5. The monoisotopic (exact) mass is 332 g/mol. The molecule has 0 bridgehead atoms. The number of benzene rings is 1. The molecule has 3 rings (SSSR count). The van der Waals surface area contributed by atoms with Gasteiger partial charge in [0.25, 0.3) is 0 Å². The largest absolute Gasteiger partial charge is 0.493 e. The number of hydrogen-bond acceptors (Lipinski definition) is 4. The van der Waals surface area contributed by atoms with Gasteiger partial charge in [-0.3, -0.25) is 9.59 Å². The summed E-state index contributed by atoms with van der Waals surface area (Å²) in [5.41, 5.74) is 2.27. The van der Waals surface area contributed by atoms with Gasteiger partial charge >= 0.3 is 0 Å². The van der Waals surface area contributed by atoms with Crippen molar-refractivity contribution in [2.75, 3.05) is 33.4 Å². The second kappa shape index (κ2) is 7.66. The predicted molar refractivity (Wildman–Crippen MR) is 88.7 cm³/mol. The number of amides is 2. The molecule has 1 saturated heterocycles. The smallest absolute Gasteiger partial charge is 0.225 e. The minimum Gasteiger partial charge on any atom is -0.493 e. The SMILES string of the molecule is COCCN1CC(C(=O)NCc2ccc3c(c2)CCCO3)CC1=O. The van der Waals surface area contributed by atoms with Crippen molar-refractivity contribution in [1.29, 1.82) is 0 Å². The van der Waals surface area contributed by atoms with Gasteiger partial charge < -0.3 is 19.7 Å². The topological polar surface area (TPSA) is 67.9 Å². The zero-order valence-electron chi connectivity index (χ0n) is 14.0. The summed E-state index contributed by atoms with van der Waals surface area (Å²) >= 11 is 0. The number of nitrogens with zero attached hydrogens (tertiary/aromatic N) is 1. The van der Waals surface area contributed by atoms with Gasteiger partial charge in [0.1, 0.15) is 5.75 Å². The molecule has 0 aromatic heterocycles. The van der Waals surface area contributed by atoms with Crippen LogP contribution in [0.3, 0.4) is 0 Å². The standard InChI is InChI=1S/C18H24N2O4/c1-23-8-6-20-12-15(10-17(20)21)18(22)19-11-13-4-5-16-14(9-13)3-2-7-24-16/h4-5,9,15H,2-3,6-8,10-12H2,1H3,(H,19,22). The molecule has 0 radical (unpaired) electrons. The first-order valence-electron chi connectivity index (χ1n) is 8.46. The molecule has 1 aromatic carbocycles. The van der Waals surface area contributed by atoms with E-state index in [4.69, 9.17) is 9.47 Å². The van der Waals surface area contributed by atoms with Crippen LogP contribution in [0.1, 0.15) is 24.0 Å². The van der Waals surface area contributed by atoms with E-state index >= 15 is 0 Å². The van der Waals surface area contributed by atoms with Crippen LogP contribution in [-0.2, 0) is 27.3 Å². The molecule has 2 heterocycles. The molecule has 1 N–H and O–H groups in total. The Hall–Kier alpha value is -2.08. The average Bonchev–Trinajstić information content (AvgIpc) is 2.98. The molecule has 6 heteroatoms. The maximum absolute atomic E-state index is 12.3. The van der Waals surface area contributed by atoms with Crippen molar-refractivity contribution < 1.29 is 19.1 Å². The van der Waals surface area contributed by atoms with Crippen LogP contribution >= 0.6 is 0 Å². The number of aryl methyl sites for hydroxylation is 1. The number of carbonyl (C=O) groups excluding carboxylic acids is 2. The molecule has 2 amide bonds. The molecule has 24 heavy (non-hydrogen) atoms. The van der Waals surface area contributed by atoms with Gasteiger partial charge in [0.2, 0.25) is 11.8 Å². The summed E-state index contributed by atoms with van der Waals surface area (Å²) in [6, 6.07) is 6.05. The lowest BCUT2D eigenvalue weighted by molar-refractivity contribution is -0.129. The molecule has 1 unspecified atom stereocenters. The second-order valence-corrected chi connectivity index (χ2v) is 6.35. The van der Waals surface area contributed by atoms with Crippen LogP contribution < -0.4 is 10.1 Å². The van der Waals surface area contributed by atoms with E-state index in [0.717, 1.165) is 30.8 Å². The van der Waals surface area contributed by atoms with Crippen LogP contribution in [0.15, 0.2) is 18.2 Å². The summed E-state index contributed by atoms with van der Waals surface area (Å²) in [7, 11) is 1.61. The van der Waals surface area contributed by atoms with Gasteiger partial charge in [-0.1, -0.05) is 12.1 Å². The summed E-state index contributed by atoms with van der Waals surface area (Å²) < 4.78 is 10.6. The summed E-state index contributed by atoms with van der Waals surface area (Å²) in [5.74, 6) is 0.650. The van der Waals surface area contributed by atoms with E-state index in [2.05, 4.69) is 11.4 Å². The Kier molecular flexibility index (Phi) is 5.35. The Bertz CT molecular complexity index is 617. The highest BCUT2D eigenvalue weighted by Gasteiger charge is 2.33. The first-order chi connectivity index (χ1) is 11.7. The molecule has 1 atom stereocenters. The number of rotatable bonds is 6. The van der Waals surface area contributed by atoms with Crippen molar-refractivity contribution >= 4 is 11.8 Å². The highest BCUT2D eigenvalue weighted by Crippen LogP contribution is 2.25. The fourth-order valence-corrected chi connectivity index (χ4v) is 3.22. The van der Waals surface area contributed by atoms with Gasteiger partial charge in [-0.2, -0.15) is 0 Å². The fraction of sp³-hybridized carbons (Fsp3) is 0.556. The molecule has 130 valence electrons. The Morgan fingerprint density at radius 1 is 1.46 bits per heavy atom. The zero-order chi connectivity index (χ0) is 16.9. The Balaban J connectivity index is 1.51. The van der Waals surface area contributed by atoms with E-state index in [-0.39, 0.29) is 24.2 Å². The molecule has 1 aromatic rings. The number of likely N-dealkylation sites (tertiary alicyclic amines) is 1. The van der Waals surface area contributed by atoms with E-state index in [1.54, 1.807) is 12.0 Å². The lowest BCUT2D eigenvalue weighted by Gasteiger charge is -2.18. The van der Waals surface area contributed by atoms with Crippen molar-refractivity contribution in [3.63, 3.8) is 0 Å². The van der Waals surface area contributed by atoms with Gasteiger partial charge in [-0.25, -0.2) is 0 Å². The molecule has 2 aliphatic heterocycles. The van der Waals surface area contributed by atoms with Crippen molar-refractivity contribution in [2.24, 2.45) is 5.92 Å². The van der Waals surface area contributed by atoms with E-state index in [1.165, 1.54) is 5.56 Å². The lowest BCUT2D eigenvalue weighted by atomic mass is 10.0. The first kappa shape index (κ1) is 16.8. The maximum Gasteiger partial charge on any atom is 0.225 e. The third kappa shape index (κ3) is 3.87. The van der Waals surface area contributed by atoms with Gasteiger partial charge in [0, 0.05) is 33.2 Å². The molecular formula is C18H24N2O4. The molecule has 0 saturated carbocycles. The predicted octanol–water partition coefficient (Wildman–Crippen LogP) is 1.12. The zero-order valence-corrected chi connectivity index (χ0v) is 14.0. The van der Waals surface area contributed by atoms with E-state index < -0.39 is 0 Å². The molecule has 0 spiro atoms. The van der Waals surface area contributed by atoms with Crippen LogP contribution in [-0.4, -0.2) is 50.1 Å². The van der Waals surface area contributed by atoms with Gasteiger partial charge in [-0.15, -0.1) is 0 Å². The van der Waals surface area contributed by atoms with E-state index in [1.807, 2.05) is 12.1 Å². The van der Waals surface area contributed by atoms with Crippen molar-refractivity contribution in [3.8, 4) is 5.75 Å². The lowest BCUT2D eigenvalue weighted by Crippen LogP contribution is -2.33. The summed E-state index contributed by atoms with van der Waals surface area (Å²) in [4.78, 5) is 25.9. The maximum atomic E-state index is 12.3. The van der Waals surface area contributed by atoms with E-state index in [0.29, 0.717) is 26.2 Å². The number of carbonyl (C=O) groups is 2. The Labute approximate surface area is 142 Å². The number of methoxy groups -OCH3 is 1. The third-order valence-corrected chi connectivity index (χ3v) is 4.59. The van der Waals surface area contributed by atoms with Crippen LogP contribution in [0.2, 0.25) is 0 Å². The summed E-state index contributed by atoms with van der Waals surface area (Å²) in [6.07, 6.45) is 2.33. The number of nitrogens with one attached hydrogen (secondary N) is 1. The van der Waals surface area contributed by atoms with Gasteiger partial charge in [-0.05, 0) is 30.0 Å². The molecule has 1 fully saturated rings. The highest BCUT2D eigenvalue weighted by molar-refractivity contribution is 5.89. The van der Waals surface area contributed by atoms with Gasteiger partial charge in [0.05, 0.1) is 19.1 Å². The summed E-state index contributed by atoms with van der Waals surface area (Å²) in [5, 5.41) is 2.96. The third-order valence-electron chi connectivity index (χ3n) is 4.59. The van der Waals surface area contributed by atoms with Gasteiger partial charge in [0.15, 0.2) is 0 Å². The summed E-state index contributed by atoms with van der Waals surface area (Å²) in [6.45, 7) is 2.78. The molecular weight excluding hydrogens is 308 g/mol. The number of fused-ring (bicyclic) bond motifs is 1. The quantitative estimate of drug-likeness (QED) is 0.848. The Morgan fingerprint density at radius 3 is 3.17 bits per heavy atom. The van der Waals surface area contributed by atoms with Crippen LogP contribution in [0.5, 0.6) is 5.75 Å². The molecule has 0 aliphatic carbocycles. The minimum atomic E-state index is -0.268. The Morgan fingerprint density at radius 2 is 2.33 bits per heavy atom. The van der Waals surface area contributed by atoms with Crippen molar-refractivity contribution in [3.05, 3.63) is 29.3 Å². The van der Waals surface area contributed by atoms with E-state index in [9.17, 15) is 9.59 Å². The van der Waals surface area contributed by atoms with Crippen molar-refractivity contribution in [2.45, 2.75) is 25.8 Å². The fourth-order valence-electron chi connectivity index (χ4n) is 3.22. The average molecular weight is 332 g/mol. The number of ether oxygens (including phenoxy) is 2. The minimum absolute atomic E-state index is 0.0260. The molecule has 2 aliphatic rings. The van der Waals surface area contributed by atoms with Crippen LogP contribution in [0.4, 0.5) is 0 Å². The molecule has 6 nitrogen and oxygen atoms in total. The second-order valence-electron chi connectivity index (χ2n) is 6.35. The number of hydrogen-bond donors (Lipinski definition) is 1. The van der Waals surface area contributed by atoms with Crippen molar-refractivity contribution in [1.82, 2.24) is 10.2 Å².